The van der Waals surface area contributed by atoms with E-state index in [0.717, 1.165) is 33.9 Å². The topological polar surface area (TPSA) is 48.1 Å². The lowest BCUT2D eigenvalue weighted by molar-refractivity contribution is 1.58. The monoisotopic (exact) mass is 480 g/mol. The summed E-state index contributed by atoms with van der Waals surface area (Å²) in [5.74, 6) is 0. The molecular formula is C28H24N4S2. The van der Waals surface area contributed by atoms with Crippen molar-refractivity contribution in [1.82, 2.24) is 0 Å². The summed E-state index contributed by atoms with van der Waals surface area (Å²) in [7, 11) is 0. The SMILES string of the molecule is S=C(Nc1ccccc1)Nc1ccc(/C=C/c2ccc(NC(=S)Nc3ccccc3)cc2)cc1. The number of rotatable bonds is 6. The van der Waals surface area contributed by atoms with Crippen molar-refractivity contribution in [3.8, 4) is 0 Å². The van der Waals surface area contributed by atoms with Gasteiger partial charge in [0.15, 0.2) is 10.2 Å². The van der Waals surface area contributed by atoms with Crippen molar-refractivity contribution < 1.29 is 0 Å². The molecule has 4 nitrogen and oxygen atoms in total. The molecule has 0 atom stereocenters. The predicted molar refractivity (Wildman–Crippen MR) is 154 cm³/mol. The van der Waals surface area contributed by atoms with Gasteiger partial charge in [0.2, 0.25) is 0 Å². The first-order chi connectivity index (χ1) is 16.6. The molecule has 4 rings (SSSR count). The molecule has 0 aliphatic rings. The molecular weight excluding hydrogens is 456 g/mol. The molecule has 4 aromatic rings. The zero-order valence-electron chi connectivity index (χ0n) is 18.4. The first kappa shape index (κ1) is 23.2. The smallest absolute Gasteiger partial charge is 0.175 e. The molecule has 0 fully saturated rings. The van der Waals surface area contributed by atoms with E-state index in [1.807, 2.05) is 109 Å². The fourth-order valence-corrected chi connectivity index (χ4v) is 3.65. The number of anilines is 4. The second-order valence-corrected chi connectivity index (χ2v) is 8.28. The van der Waals surface area contributed by atoms with Crippen LogP contribution in [0.4, 0.5) is 22.7 Å². The van der Waals surface area contributed by atoms with Crippen molar-refractivity contribution in [2.45, 2.75) is 0 Å². The van der Waals surface area contributed by atoms with Crippen LogP contribution >= 0.6 is 24.4 Å². The van der Waals surface area contributed by atoms with Gasteiger partial charge < -0.3 is 21.3 Å². The van der Waals surface area contributed by atoms with Crippen molar-refractivity contribution in [2.75, 3.05) is 21.3 Å². The van der Waals surface area contributed by atoms with Crippen LogP contribution in [-0.2, 0) is 0 Å². The molecule has 0 spiro atoms. The summed E-state index contributed by atoms with van der Waals surface area (Å²) >= 11 is 10.8. The second-order valence-electron chi connectivity index (χ2n) is 7.47. The number of thiocarbonyl (C=S) groups is 2. The summed E-state index contributed by atoms with van der Waals surface area (Å²) in [4.78, 5) is 0. The Balaban J connectivity index is 1.27. The van der Waals surface area contributed by atoms with Crippen LogP contribution in [0.25, 0.3) is 12.2 Å². The molecule has 0 saturated carbocycles. The molecule has 0 radical (unpaired) electrons. The van der Waals surface area contributed by atoms with E-state index >= 15 is 0 Å². The Morgan fingerprint density at radius 3 is 1.03 bits per heavy atom. The molecule has 168 valence electrons. The van der Waals surface area contributed by atoms with E-state index in [2.05, 4.69) is 33.4 Å². The summed E-state index contributed by atoms with van der Waals surface area (Å²) in [5.41, 5.74) is 5.97. The quantitative estimate of drug-likeness (QED) is 0.170. The van der Waals surface area contributed by atoms with Crippen molar-refractivity contribution >= 4 is 69.6 Å². The standard InChI is InChI=1S/C28H24N4S2/c33-27(29-23-7-3-1-4-8-23)31-25-17-13-21(14-18-25)11-12-22-15-19-26(20-16-22)32-28(34)30-24-9-5-2-6-10-24/h1-20H,(H2,29,31,33)(H2,30,32,34)/b12-11+. The Morgan fingerprint density at radius 2 is 0.706 bits per heavy atom. The van der Waals surface area contributed by atoms with Gasteiger partial charge in [-0.1, -0.05) is 72.8 Å². The molecule has 4 aromatic carbocycles. The third-order valence-electron chi connectivity index (χ3n) is 4.87. The molecule has 6 heteroatoms. The molecule has 0 aromatic heterocycles. The van der Waals surface area contributed by atoms with Crippen molar-refractivity contribution in [2.24, 2.45) is 0 Å². The van der Waals surface area contributed by atoms with Gasteiger partial charge in [-0.25, -0.2) is 0 Å². The van der Waals surface area contributed by atoms with E-state index in [0.29, 0.717) is 10.2 Å². The van der Waals surface area contributed by atoms with Crippen molar-refractivity contribution in [3.63, 3.8) is 0 Å². The minimum Gasteiger partial charge on any atom is -0.332 e. The van der Waals surface area contributed by atoms with E-state index in [1.165, 1.54) is 0 Å². The zero-order chi connectivity index (χ0) is 23.6. The van der Waals surface area contributed by atoms with Gasteiger partial charge in [-0.15, -0.1) is 0 Å². The van der Waals surface area contributed by atoms with Crippen LogP contribution in [0, 0.1) is 0 Å². The lowest BCUT2D eigenvalue weighted by Crippen LogP contribution is -2.18. The Kier molecular flexibility index (Phi) is 8.00. The van der Waals surface area contributed by atoms with Crippen LogP contribution < -0.4 is 21.3 Å². The number of para-hydroxylation sites is 2. The van der Waals surface area contributed by atoms with Crippen molar-refractivity contribution in [1.29, 1.82) is 0 Å². The summed E-state index contributed by atoms with van der Waals surface area (Å²) in [5, 5.41) is 13.9. The molecule has 0 amide bonds. The second kappa shape index (κ2) is 11.7. The van der Waals surface area contributed by atoms with Gasteiger partial charge in [0.1, 0.15) is 0 Å². The van der Waals surface area contributed by atoms with Gasteiger partial charge in [-0.3, -0.25) is 0 Å². The molecule has 34 heavy (non-hydrogen) atoms. The van der Waals surface area contributed by atoms with E-state index in [9.17, 15) is 0 Å². The summed E-state index contributed by atoms with van der Waals surface area (Å²) in [6.45, 7) is 0. The fraction of sp³-hybridized carbons (Fsp3) is 0. The average Bonchev–Trinajstić information content (AvgIpc) is 2.85. The number of hydrogen-bond donors (Lipinski definition) is 4. The largest absolute Gasteiger partial charge is 0.332 e. The van der Waals surface area contributed by atoms with E-state index in [-0.39, 0.29) is 0 Å². The van der Waals surface area contributed by atoms with Gasteiger partial charge in [0, 0.05) is 22.7 Å². The van der Waals surface area contributed by atoms with Crippen LogP contribution in [0.2, 0.25) is 0 Å². The highest BCUT2D eigenvalue weighted by Crippen LogP contribution is 2.16. The molecule has 0 unspecified atom stereocenters. The van der Waals surface area contributed by atoms with Gasteiger partial charge in [0.25, 0.3) is 0 Å². The number of hydrogen-bond acceptors (Lipinski definition) is 2. The third-order valence-corrected chi connectivity index (χ3v) is 5.28. The van der Waals surface area contributed by atoms with E-state index < -0.39 is 0 Å². The Morgan fingerprint density at radius 1 is 0.412 bits per heavy atom. The maximum Gasteiger partial charge on any atom is 0.175 e. The Bertz CT molecular complexity index is 1150. The Hall–Kier alpha value is -4.00. The number of benzene rings is 4. The highest BCUT2D eigenvalue weighted by atomic mass is 32.1. The average molecular weight is 481 g/mol. The zero-order valence-corrected chi connectivity index (χ0v) is 20.0. The number of nitrogens with one attached hydrogen (secondary N) is 4. The lowest BCUT2D eigenvalue weighted by atomic mass is 10.1. The molecule has 0 aliphatic heterocycles. The first-order valence-corrected chi connectivity index (χ1v) is 11.6. The van der Waals surface area contributed by atoms with E-state index in [4.69, 9.17) is 24.4 Å². The van der Waals surface area contributed by atoms with E-state index in [1.54, 1.807) is 0 Å². The summed E-state index contributed by atoms with van der Waals surface area (Å²) in [6, 6.07) is 35.9. The highest BCUT2D eigenvalue weighted by Gasteiger charge is 2.00. The maximum atomic E-state index is 5.38. The molecule has 4 N–H and O–H groups in total. The van der Waals surface area contributed by atoms with Crippen LogP contribution in [0.15, 0.2) is 109 Å². The molecule has 0 heterocycles. The normalized spacial score (nSPS) is 10.5. The fourth-order valence-electron chi connectivity index (χ4n) is 3.18. The van der Waals surface area contributed by atoms with Gasteiger partial charge >= 0.3 is 0 Å². The predicted octanol–water partition coefficient (Wildman–Crippen LogP) is 7.47. The summed E-state index contributed by atoms with van der Waals surface area (Å²) < 4.78 is 0. The lowest BCUT2D eigenvalue weighted by Gasteiger charge is -2.11. The maximum absolute atomic E-state index is 5.38. The van der Waals surface area contributed by atoms with Gasteiger partial charge in [-0.2, -0.15) is 0 Å². The van der Waals surface area contributed by atoms with Crippen LogP contribution in [0.1, 0.15) is 11.1 Å². The van der Waals surface area contributed by atoms with Crippen LogP contribution in [-0.4, -0.2) is 10.2 Å². The van der Waals surface area contributed by atoms with Crippen LogP contribution in [0.5, 0.6) is 0 Å². The summed E-state index contributed by atoms with van der Waals surface area (Å²) in [6.07, 6.45) is 4.16. The third kappa shape index (κ3) is 7.27. The first-order valence-electron chi connectivity index (χ1n) is 10.8. The minimum atomic E-state index is 0.557. The molecule has 0 saturated heterocycles. The Labute approximate surface area is 210 Å². The van der Waals surface area contributed by atoms with Gasteiger partial charge in [-0.05, 0) is 84.1 Å². The minimum absolute atomic E-state index is 0.557. The highest BCUT2D eigenvalue weighted by molar-refractivity contribution is 7.81. The van der Waals surface area contributed by atoms with Crippen molar-refractivity contribution in [3.05, 3.63) is 120 Å². The molecule has 0 aliphatic carbocycles. The molecule has 0 bridgehead atoms. The van der Waals surface area contributed by atoms with Gasteiger partial charge in [0.05, 0.1) is 0 Å². The van der Waals surface area contributed by atoms with Crippen LogP contribution in [0.3, 0.4) is 0 Å².